The predicted octanol–water partition coefficient (Wildman–Crippen LogP) is 1.34. The van der Waals surface area contributed by atoms with Gasteiger partial charge in [-0.15, -0.1) is 0 Å². The van der Waals surface area contributed by atoms with Gasteiger partial charge in [-0.3, -0.25) is 4.79 Å². The summed E-state index contributed by atoms with van der Waals surface area (Å²) < 4.78 is 10.3. The number of hydrogen-bond acceptors (Lipinski definition) is 5. The summed E-state index contributed by atoms with van der Waals surface area (Å²) in [5, 5.41) is 9.15. The summed E-state index contributed by atoms with van der Waals surface area (Å²) in [6.07, 6.45) is 1.14. The van der Waals surface area contributed by atoms with E-state index in [9.17, 15) is 9.59 Å². The Morgan fingerprint density at radius 1 is 1.67 bits per heavy atom. The van der Waals surface area contributed by atoms with Crippen molar-refractivity contribution in [2.24, 2.45) is 11.3 Å². The lowest BCUT2D eigenvalue weighted by atomic mass is 9.87. The molecule has 1 aliphatic carbocycles. The van der Waals surface area contributed by atoms with Crippen molar-refractivity contribution in [3.63, 3.8) is 0 Å². The van der Waals surface area contributed by atoms with Crippen molar-refractivity contribution in [2.75, 3.05) is 6.61 Å². The first kappa shape index (κ1) is 12.6. The highest BCUT2D eigenvalue weighted by atomic mass is 16.6. The number of nitrogens with zero attached hydrogens (tertiary/aromatic N) is 1. The molecule has 5 nitrogen and oxygen atoms in total. The van der Waals surface area contributed by atoms with Gasteiger partial charge in [-0.25, -0.2) is 4.79 Å². The molecular weight excluding hydrogens is 234 g/mol. The summed E-state index contributed by atoms with van der Waals surface area (Å²) in [5.41, 5.74) is -0.718. The van der Waals surface area contributed by atoms with Gasteiger partial charge in [0, 0.05) is 11.5 Å². The van der Waals surface area contributed by atoms with Crippen LogP contribution in [0.2, 0.25) is 0 Å². The second kappa shape index (κ2) is 4.45. The minimum absolute atomic E-state index is 0.0133. The summed E-state index contributed by atoms with van der Waals surface area (Å²) in [4.78, 5) is 23.3. The summed E-state index contributed by atoms with van der Waals surface area (Å²) >= 11 is 0. The Balaban J connectivity index is 2.14. The van der Waals surface area contributed by atoms with Crippen LogP contribution in [0.5, 0.6) is 0 Å². The van der Waals surface area contributed by atoms with Crippen molar-refractivity contribution in [1.82, 2.24) is 0 Å². The van der Waals surface area contributed by atoms with E-state index in [1.165, 1.54) is 0 Å². The van der Waals surface area contributed by atoms with Crippen LogP contribution in [0.25, 0.3) is 0 Å². The summed E-state index contributed by atoms with van der Waals surface area (Å²) in [5.74, 6) is -0.951. The van der Waals surface area contributed by atoms with E-state index in [0.717, 1.165) is 0 Å². The van der Waals surface area contributed by atoms with Crippen LogP contribution in [-0.2, 0) is 19.1 Å². The first-order valence-corrected chi connectivity index (χ1v) is 5.93. The lowest BCUT2D eigenvalue weighted by molar-refractivity contribution is -0.160. The summed E-state index contributed by atoms with van der Waals surface area (Å²) in [6, 6.07) is 2.06. The van der Waals surface area contributed by atoms with Gasteiger partial charge in [-0.1, -0.05) is 6.58 Å². The number of rotatable bonds is 2. The Labute approximate surface area is 105 Å². The molecule has 3 atom stereocenters. The molecule has 0 N–H and O–H groups in total. The zero-order chi connectivity index (χ0) is 13.3. The van der Waals surface area contributed by atoms with Crippen LogP contribution in [0.1, 0.15) is 26.2 Å². The van der Waals surface area contributed by atoms with E-state index < -0.39 is 23.5 Å². The van der Waals surface area contributed by atoms with Crippen LogP contribution in [0.3, 0.4) is 0 Å². The Kier molecular flexibility index (Phi) is 3.12. The topological polar surface area (TPSA) is 76.4 Å². The van der Waals surface area contributed by atoms with Crippen LogP contribution in [0.15, 0.2) is 12.2 Å². The van der Waals surface area contributed by atoms with Crippen LogP contribution in [-0.4, -0.2) is 24.6 Å². The van der Waals surface area contributed by atoms with Crippen LogP contribution in [0, 0.1) is 22.7 Å². The van der Waals surface area contributed by atoms with Crippen LogP contribution >= 0.6 is 0 Å². The Bertz CT molecular complexity index is 450. The van der Waals surface area contributed by atoms with Gasteiger partial charge in [-0.05, 0) is 26.2 Å². The highest BCUT2D eigenvalue weighted by Gasteiger charge is 2.52. The van der Waals surface area contributed by atoms with Crippen molar-refractivity contribution in [3.05, 3.63) is 12.2 Å². The number of nitriles is 1. The second-order valence-electron chi connectivity index (χ2n) is 5.02. The summed E-state index contributed by atoms with van der Waals surface area (Å²) in [6.45, 7) is 5.12. The number of ether oxygens (including phenoxy) is 2. The fourth-order valence-corrected chi connectivity index (χ4v) is 2.53. The lowest BCUT2D eigenvalue weighted by Gasteiger charge is -2.22. The van der Waals surface area contributed by atoms with E-state index in [-0.39, 0.29) is 12.5 Å². The Morgan fingerprint density at radius 3 is 3.00 bits per heavy atom. The number of cyclic esters (lactones) is 1. The smallest absolute Gasteiger partial charge is 0.333 e. The van der Waals surface area contributed by atoms with E-state index in [0.29, 0.717) is 24.8 Å². The van der Waals surface area contributed by atoms with E-state index in [2.05, 4.69) is 12.6 Å². The van der Waals surface area contributed by atoms with Crippen molar-refractivity contribution < 1.29 is 19.1 Å². The molecule has 0 amide bonds. The molecule has 2 rings (SSSR count). The largest absolute Gasteiger partial charge is 0.461 e. The fourth-order valence-electron chi connectivity index (χ4n) is 2.53. The molecule has 0 spiro atoms. The van der Waals surface area contributed by atoms with Gasteiger partial charge in [0.25, 0.3) is 0 Å². The molecule has 2 aliphatic rings. The Hall–Kier alpha value is -1.83. The number of hydrogen-bond donors (Lipinski definition) is 0. The maximum absolute atomic E-state index is 11.8. The standard InChI is InChI=1S/C13H15NO4/c1-8(2)11(15)18-10-6-17-12(16)13(7-14)4-3-9(10)5-13/h9-10H,1,3-6H2,2H3. The molecule has 1 saturated heterocycles. The lowest BCUT2D eigenvalue weighted by Crippen LogP contribution is -2.31. The highest BCUT2D eigenvalue weighted by molar-refractivity contribution is 5.87. The van der Waals surface area contributed by atoms with E-state index in [4.69, 9.17) is 14.7 Å². The highest BCUT2D eigenvalue weighted by Crippen LogP contribution is 2.46. The van der Waals surface area contributed by atoms with Crippen LogP contribution < -0.4 is 0 Å². The number of esters is 2. The maximum Gasteiger partial charge on any atom is 0.333 e. The quantitative estimate of drug-likeness (QED) is 0.545. The molecular formula is C13H15NO4. The maximum atomic E-state index is 11.8. The summed E-state index contributed by atoms with van der Waals surface area (Å²) in [7, 11) is 0. The predicted molar refractivity (Wildman–Crippen MR) is 61.0 cm³/mol. The third-order valence-corrected chi connectivity index (χ3v) is 3.67. The van der Waals surface area contributed by atoms with Gasteiger partial charge < -0.3 is 9.47 Å². The first-order valence-electron chi connectivity index (χ1n) is 5.93. The average molecular weight is 249 g/mol. The van der Waals surface area contributed by atoms with E-state index >= 15 is 0 Å². The molecule has 0 aromatic heterocycles. The monoisotopic (exact) mass is 249 g/mol. The zero-order valence-electron chi connectivity index (χ0n) is 10.3. The molecule has 0 aromatic rings. The molecule has 1 saturated carbocycles. The molecule has 2 fully saturated rings. The number of fused-ring (bicyclic) bond motifs is 2. The van der Waals surface area contributed by atoms with Gasteiger partial charge in [0.05, 0.1) is 6.07 Å². The molecule has 18 heavy (non-hydrogen) atoms. The van der Waals surface area contributed by atoms with Gasteiger partial charge in [0.15, 0.2) is 5.41 Å². The van der Waals surface area contributed by atoms with E-state index in [1.54, 1.807) is 6.92 Å². The number of carbonyl (C=O) groups excluding carboxylic acids is 2. The SMILES string of the molecule is C=C(C)C(=O)OC1COC(=O)C2(C#N)CCC1C2. The third-order valence-electron chi connectivity index (χ3n) is 3.67. The van der Waals surface area contributed by atoms with E-state index in [1.807, 2.05) is 0 Å². The third kappa shape index (κ3) is 1.99. The molecule has 1 aliphatic heterocycles. The molecule has 0 aromatic carbocycles. The van der Waals surface area contributed by atoms with Gasteiger partial charge >= 0.3 is 11.9 Å². The minimum Gasteiger partial charge on any atom is -0.461 e. The molecule has 2 bridgehead atoms. The molecule has 0 radical (unpaired) electrons. The molecule has 96 valence electrons. The first-order chi connectivity index (χ1) is 8.48. The Morgan fingerprint density at radius 2 is 2.39 bits per heavy atom. The van der Waals surface area contributed by atoms with Gasteiger partial charge in [0.2, 0.25) is 0 Å². The second-order valence-corrected chi connectivity index (χ2v) is 5.02. The van der Waals surface area contributed by atoms with Crippen molar-refractivity contribution in [2.45, 2.75) is 32.3 Å². The fraction of sp³-hybridized carbons (Fsp3) is 0.615. The van der Waals surface area contributed by atoms with Crippen molar-refractivity contribution in [1.29, 1.82) is 5.26 Å². The van der Waals surface area contributed by atoms with Gasteiger partial charge in [-0.2, -0.15) is 5.26 Å². The van der Waals surface area contributed by atoms with Crippen molar-refractivity contribution >= 4 is 11.9 Å². The van der Waals surface area contributed by atoms with Gasteiger partial charge in [0.1, 0.15) is 12.7 Å². The molecule has 5 heteroatoms. The minimum atomic E-state index is -1.03. The number of carbonyl (C=O) groups is 2. The average Bonchev–Trinajstić information content (AvgIpc) is 2.73. The molecule has 3 unspecified atom stereocenters. The van der Waals surface area contributed by atoms with Crippen LogP contribution in [0.4, 0.5) is 0 Å². The normalized spacial score (nSPS) is 34.1. The molecule has 1 heterocycles. The van der Waals surface area contributed by atoms with Crippen molar-refractivity contribution in [3.8, 4) is 6.07 Å². The zero-order valence-corrected chi connectivity index (χ0v) is 10.3.